The fourth-order valence-corrected chi connectivity index (χ4v) is 2.22. The normalized spacial score (nSPS) is 11.9. The zero-order valence-electron chi connectivity index (χ0n) is 10.2. The maximum absolute atomic E-state index is 11.9. The topological polar surface area (TPSA) is 66.9 Å². The number of carbonyl (C=O) groups excluding carboxylic acids is 1. The summed E-state index contributed by atoms with van der Waals surface area (Å²) in [5.41, 5.74) is 1.41. The number of carbonyl (C=O) groups is 1. The lowest BCUT2D eigenvalue weighted by Crippen LogP contribution is -2.27. The molecule has 2 heterocycles. The van der Waals surface area contributed by atoms with Crippen LogP contribution < -0.4 is 10.6 Å². The Hall–Kier alpha value is -1.95. The van der Waals surface area contributed by atoms with Crippen LogP contribution in [0, 0.1) is 0 Å². The van der Waals surface area contributed by atoms with Gasteiger partial charge in [-0.1, -0.05) is 0 Å². The van der Waals surface area contributed by atoms with E-state index in [1.165, 1.54) is 0 Å². The molecule has 0 aliphatic heterocycles. The summed E-state index contributed by atoms with van der Waals surface area (Å²) in [7, 11) is 1.75. The quantitative estimate of drug-likeness (QED) is 0.885. The molecule has 0 saturated heterocycles. The van der Waals surface area contributed by atoms with Crippen molar-refractivity contribution in [1.82, 2.24) is 15.5 Å². The second-order valence-corrected chi connectivity index (χ2v) is 4.59. The van der Waals surface area contributed by atoms with Gasteiger partial charge in [-0.3, -0.25) is 4.79 Å². The third kappa shape index (κ3) is 2.84. The third-order valence-electron chi connectivity index (χ3n) is 2.54. The summed E-state index contributed by atoms with van der Waals surface area (Å²) in [4.78, 5) is 11.9. The molecule has 18 heavy (non-hydrogen) atoms. The van der Waals surface area contributed by atoms with Crippen molar-refractivity contribution in [2.45, 2.75) is 13.0 Å². The van der Waals surface area contributed by atoms with Crippen molar-refractivity contribution in [3.05, 3.63) is 40.2 Å². The summed E-state index contributed by atoms with van der Waals surface area (Å²) in [6.07, 6.45) is 0. The Labute approximate surface area is 109 Å². The van der Waals surface area contributed by atoms with Crippen molar-refractivity contribution in [3.63, 3.8) is 0 Å². The minimum Gasteiger partial charge on any atom is -0.372 e. The molecule has 1 unspecified atom stereocenters. The molecule has 0 spiro atoms. The molecule has 1 amide bonds. The molecule has 0 radical (unpaired) electrons. The van der Waals surface area contributed by atoms with Crippen LogP contribution in [0.25, 0.3) is 0 Å². The number of rotatable bonds is 4. The second-order valence-electron chi connectivity index (χ2n) is 3.81. The lowest BCUT2D eigenvalue weighted by molar-refractivity contribution is 0.0934. The van der Waals surface area contributed by atoms with E-state index in [1.54, 1.807) is 30.5 Å². The summed E-state index contributed by atoms with van der Waals surface area (Å²) in [6, 6.07) is 5.33. The van der Waals surface area contributed by atoms with Gasteiger partial charge >= 0.3 is 0 Å². The standard InChI is InChI=1S/C12H14N4OS/c1-8(9-5-6-18-7-9)14-12(17)10-3-4-11(13-2)16-15-10/h3-8H,1-2H3,(H,13,16)(H,14,17). The molecule has 0 aromatic carbocycles. The predicted molar refractivity (Wildman–Crippen MR) is 71.8 cm³/mol. The van der Waals surface area contributed by atoms with Gasteiger partial charge in [0.25, 0.3) is 5.91 Å². The SMILES string of the molecule is CNc1ccc(C(=O)NC(C)c2ccsc2)nn1. The van der Waals surface area contributed by atoms with E-state index in [0.717, 1.165) is 5.56 Å². The van der Waals surface area contributed by atoms with Gasteiger partial charge in [-0.2, -0.15) is 11.3 Å². The number of hydrogen-bond donors (Lipinski definition) is 2. The highest BCUT2D eigenvalue weighted by Gasteiger charge is 2.13. The van der Waals surface area contributed by atoms with E-state index in [9.17, 15) is 4.79 Å². The molecule has 2 aromatic rings. The van der Waals surface area contributed by atoms with Crippen LogP contribution in [-0.2, 0) is 0 Å². The predicted octanol–water partition coefficient (Wildman–Crippen LogP) is 2.07. The highest BCUT2D eigenvalue weighted by molar-refractivity contribution is 7.07. The maximum Gasteiger partial charge on any atom is 0.272 e. The number of aromatic nitrogens is 2. The molecular formula is C12H14N4OS. The Kier molecular flexibility index (Phi) is 3.88. The average molecular weight is 262 g/mol. The van der Waals surface area contributed by atoms with Gasteiger partial charge in [-0.05, 0) is 41.4 Å². The summed E-state index contributed by atoms with van der Waals surface area (Å²) in [5.74, 6) is 0.418. The van der Waals surface area contributed by atoms with Crippen LogP contribution in [-0.4, -0.2) is 23.2 Å². The molecule has 94 valence electrons. The van der Waals surface area contributed by atoms with Crippen LogP contribution in [0.1, 0.15) is 29.0 Å². The lowest BCUT2D eigenvalue weighted by atomic mass is 10.2. The van der Waals surface area contributed by atoms with E-state index in [2.05, 4.69) is 20.8 Å². The van der Waals surface area contributed by atoms with Crippen LogP contribution in [0.2, 0.25) is 0 Å². The minimum absolute atomic E-state index is 0.0328. The van der Waals surface area contributed by atoms with Gasteiger partial charge in [0.05, 0.1) is 6.04 Å². The average Bonchev–Trinajstić information content (AvgIpc) is 2.92. The van der Waals surface area contributed by atoms with Crippen LogP contribution >= 0.6 is 11.3 Å². The van der Waals surface area contributed by atoms with Crippen molar-refractivity contribution >= 4 is 23.1 Å². The van der Waals surface area contributed by atoms with Crippen molar-refractivity contribution in [3.8, 4) is 0 Å². The maximum atomic E-state index is 11.9. The second kappa shape index (κ2) is 5.59. The first-order valence-electron chi connectivity index (χ1n) is 5.55. The van der Waals surface area contributed by atoms with Gasteiger partial charge in [0.15, 0.2) is 5.69 Å². The monoisotopic (exact) mass is 262 g/mol. The molecular weight excluding hydrogens is 248 g/mol. The van der Waals surface area contributed by atoms with Crippen LogP contribution in [0.3, 0.4) is 0 Å². The minimum atomic E-state index is -0.219. The number of nitrogens with one attached hydrogen (secondary N) is 2. The molecule has 0 aliphatic carbocycles. The molecule has 2 rings (SSSR count). The summed E-state index contributed by atoms with van der Waals surface area (Å²) in [6.45, 7) is 1.94. The molecule has 2 N–H and O–H groups in total. The number of nitrogens with zero attached hydrogens (tertiary/aromatic N) is 2. The van der Waals surface area contributed by atoms with Gasteiger partial charge < -0.3 is 10.6 Å². The smallest absolute Gasteiger partial charge is 0.272 e. The molecule has 0 saturated carbocycles. The molecule has 0 bridgehead atoms. The van der Waals surface area contributed by atoms with Crippen LogP contribution in [0.15, 0.2) is 29.0 Å². The van der Waals surface area contributed by atoms with Gasteiger partial charge in [-0.25, -0.2) is 0 Å². The van der Waals surface area contributed by atoms with E-state index >= 15 is 0 Å². The van der Waals surface area contributed by atoms with Gasteiger partial charge in [0, 0.05) is 7.05 Å². The zero-order valence-corrected chi connectivity index (χ0v) is 11.0. The third-order valence-corrected chi connectivity index (χ3v) is 3.25. The van der Waals surface area contributed by atoms with Gasteiger partial charge in [0.1, 0.15) is 5.82 Å². The first-order chi connectivity index (χ1) is 8.70. The fourth-order valence-electron chi connectivity index (χ4n) is 1.46. The number of anilines is 1. The molecule has 5 nitrogen and oxygen atoms in total. The fraction of sp³-hybridized carbons (Fsp3) is 0.250. The van der Waals surface area contributed by atoms with E-state index in [-0.39, 0.29) is 11.9 Å². The van der Waals surface area contributed by atoms with E-state index in [1.807, 2.05) is 23.8 Å². The molecule has 0 aliphatic rings. The van der Waals surface area contributed by atoms with Crippen molar-refractivity contribution < 1.29 is 4.79 Å². The van der Waals surface area contributed by atoms with Crippen molar-refractivity contribution in [1.29, 1.82) is 0 Å². The van der Waals surface area contributed by atoms with Crippen LogP contribution in [0.4, 0.5) is 5.82 Å². The van der Waals surface area contributed by atoms with E-state index in [0.29, 0.717) is 11.5 Å². The molecule has 0 fully saturated rings. The molecule has 1 atom stereocenters. The Bertz CT molecular complexity index is 509. The summed E-state index contributed by atoms with van der Waals surface area (Å²) < 4.78 is 0. The first kappa shape index (κ1) is 12.5. The van der Waals surface area contributed by atoms with Crippen LogP contribution in [0.5, 0.6) is 0 Å². The zero-order chi connectivity index (χ0) is 13.0. The Balaban J connectivity index is 2.03. The molecule has 6 heteroatoms. The van der Waals surface area contributed by atoms with E-state index in [4.69, 9.17) is 0 Å². The van der Waals surface area contributed by atoms with E-state index < -0.39 is 0 Å². The summed E-state index contributed by atoms with van der Waals surface area (Å²) >= 11 is 1.61. The molecule has 2 aromatic heterocycles. The van der Waals surface area contributed by atoms with Crippen molar-refractivity contribution in [2.24, 2.45) is 0 Å². The first-order valence-corrected chi connectivity index (χ1v) is 6.49. The number of amides is 1. The Morgan fingerprint density at radius 3 is 2.72 bits per heavy atom. The van der Waals surface area contributed by atoms with Gasteiger partial charge in [0.2, 0.25) is 0 Å². The Morgan fingerprint density at radius 2 is 2.17 bits per heavy atom. The van der Waals surface area contributed by atoms with Gasteiger partial charge in [-0.15, -0.1) is 10.2 Å². The lowest BCUT2D eigenvalue weighted by Gasteiger charge is -2.11. The number of hydrogen-bond acceptors (Lipinski definition) is 5. The van der Waals surface area contributed by atoms with Crippen molar-refractivity contribution in [2.75, 3.05) is 12.4 Å². The highest BCUT2D eigenvalue weighted by Crippen LogP contribution is 2.15. The largest absolute Gasteiger partial charge is 0.372 e. The Morgan fingerprint density at radius 1 is 1.33 bits per heavy atom. The number of thiophene rings is 1. The highest BCUT2D eigenvalue weighted by atomic mass is 32.1. The summed E-state index contributed by atoms with van der Waals surface area (Å²) in [5, 5.41) is 17.5.